The Labute approximate surface area is 70.8 Å². The smallest absolute Gasteiger partial charge is 0.269 e. The quantitative estimate of drug-likeness (QED) is 0.673. The van der Waals surface area contributed by atoms with Crippen LogP contribution in [0.3, 0.4) is 0 Å². The molecule has 0 aliphatic rings. The van der Waals surface area contributed by atoms with E-state index in [9.17, 15) is 4.79 Å². The Morgan fingerprint density at radius 3 is 2.67 bits per heavy atom. The van der Waals surface area contributed by atoms with Gasteiger partial charge in [0, 0.05) is 11.3 Å². The Bertz CT molecular complexity index is 311. The number of aromatic nitrogens is 2. The van der Waals surface area contributed by atoms with Crippen LogP contribution in [0, 0.1) is 6.92 Å². The highest BCUT2D eigenvalue weighted by atomic mass is 16.3. The molecule has 1 rings (SSSR count). The molecule has 0 radical (unpaired) electrons. The van der Waals surface area contributed by atoms with Gasteiger partial charge in [0.25, 0.3) is 5.56 Å². The number of aliphatic hydroxyl groups is 1. The fourth-order valence-corrected chi connectivity index (χ4v) is 1.23. The zero-order valence-electron chi connectivity index (χ0n) is 7.42. The van der Waals surface area contributed by atoms with Crippen LogP contribution >= 0.6 is 0 Å². The number of aromatic amines is 1. The molecule has 0 atom stereocenters. The Morgan fingerprint density at radius 2 is 2.25 bits per heavy atom. The Morgan fingerprint density at radius 1 is 1.58 bits per heavy atom. The normalized spacial score (nSPS) is 10.6. The topological polar surface area (TPSA) is 58.0 Å². The number of aliphatic hydroxyl groups excluding tert-OH is 1. The highest BCUT2D eigenvalue weighted by molar-refractivity contribution is 5.14. The third-order valence-electron chi connectivity index (χ3n) is 1.97. The van der Waals surface area contributed by atoms with Gasteiger partial charge < -0.3 is 5.11 Å². The summed E-state index contributed by atoms with van der Waals surface area (Å²) in [5.74, 6) is 0. The van der Waals surface area contributed by atoms with Gasteiger partial charge in [-0.15, -0.1) is 0 Å². The van der Waals surface area contributed by atoms with Gasteiger partial charge in [-0.2, -0.15) is 0 Å². The van der Waals surface area contributed by atoms with Crippen molar-refractivity contribution in [1.82, 2.24) is 9.78 Å². The van der Waals surface area contributed by atoms with Crippen LogP contribution in [-0.2, 0) is 13.0 Å². The van der Waals surface area contributed by atoms with E-state index < -0.39 is 0 Å². The van der Waals surface area contributed by atoms with E-state index in [0.29, 0.717) is 6.54 Å². The molecule has 0 spiro atoms. The predicted octanol–water partition coefficient (Wildman–Crippen LogP) is 0.0395. The van der Waals surface area contributed by atoms with Crippen molar-refractivity contribution >= 4 is 0 Å². The molecule has 0 unspecified atom stereocenters. The van der Waals surface area contributed by atoms with Crippen LogP contribution in [0.2, 0.25) is 0 Å². The summed E-state index contributed by atoms with van der Waals surface area (Å²) >= 11 is 0. The Kier molecular flexibility index (Phi) is 2.70. The minimum absolute atomic E-state index is 0.0109. The molecule has 1 aromatic heterocycles. The van der Waals surface area contributed by atoms with E-state index in [1.807, 2.05) is 6.92 Å². The summed E-state index contributed by atoms with van der Waals surface area (Å²) in [5.41, 5.74) is 1.68. The fraction of sp³-hybridized carbons (Fsp3) is 0.625. The molecular formula is C8H14N2O2. The maximum atomic E-state index is 11.4. The van der Waals surface area contributed by atoms with E-state index in [1.165, 1.54) is 4.68 Å². The number of rotatable bonds is 3. The van der Waals surface area contributed by atoms with Crippen molar-refractivity contribution in [2.45, 2.75) is 26.8 Å². The zero-order chi connectivity index (χ0) is 9.14. The maximum Gasteiger partial charge on any atom is 0.269 e. The third kappa shape index (κ3) is 1.43. The van der Waals surface area contributed by atoms with Gasteiger partial charge in [-0.05, 0) is 13.3 Å². The van der Waals surface area contributed by atoms with Crippen molar-refractivity contribution in [3.8, 4) is 0 Å². The molecular weight excluding hydrogens is 156 g/mol. The van der Waals surface area contributed by atoms with E-state index in [-0.39, 0.29) is 12.2 Å². The lowest BCUT2D eigenvalue weighted by molar-refractivity contribution is 0.267. The molecule has 1 heterocycles. The SMILES string of the molecule is CCc1[nH]n(CCO)c(=O)c1C. The molecule has 0 saturated heterocycles. The maximum absolute atomic E-state index is 11.4. The summed E-state index contributed by atoms with van der Waals surface area (Å²) in [6.07, 6.45) is 0.819. The number of nitrogens with one attached hydrogen (secondary N) is 1. The molecule has 0 aliphatic carbocycles. The minimum Gasteiger partial charge on any atom is -0.394 e. The molecule has 0 aromatic carbocycles. The molecule has 0 aliphatic heterocycles. The van der Waals surface area contributed by atoms with Crippen LogP contribution in [0.5, 0.6) is 0 Å². The van der Waals surface area contributed by atoms with Crippen molar-refractivity contribution in [2.24, 2.45) is 0 Å². The van der Waals surface area contributed by atoms with Gasteiger partial charge in [-0.3, -0.25) is 14.6 Å². The molecule has 0 amide bonds. The zero-order valence-corrected chi connectivity index (χ0v) is 7.42. The second kappa shape index (κ2) is 3.58. The van der Waals surface area contributed by atoms with Crippen molar-refractivity contribution < 1.29 is 5.11 Å². The molecule has 4 heteroatoms. The number of hydrogen-bond acceptors (Lipinski definition) is 2. The lowest BCUT2D eigenvalue weighted by atomic mass is 10.2. The van der Waals surface area contributed by atoms with E-state index in [2.05, 4.69) is 5.10 Å². The van der Waals surface area contributed by atoms with Crippen LogP contribution in [0.25, 0.3) is 0 Å². The first kappa shape index (κ1) is 9.06. The van der Waals surface area contributed by atoms with E-state index in [0.717, 1.165) is 17.7 Å². The largest absolute Gasteiger partial charge is 0.394 e. The number of nitrogens with zero attached hydrogens (tertiary/aromatic N) is 1. The summed E-state index contributed by atoms with van der Waals surface area (Å²) in [6.45, 7) is 4.12. The first-order chi connectivity index (χ1) is 5.70. The molecule has 2 N–H and O–H groups in total. The molecule has 0 saturated carbocycles. The highest BCUT2D eigenvalue weighted by Gasteiger charge is 2.06. The molecule has 68 valence electrons. The van der Waals surface area contributed by atoms with Gasteiger partial charge in [0.05, 0.1) is 13.2 Å². The summed E-state index contributed by atoms with van der Waals surface area (Å²) in [6, 6.07) is 0. The van der Waals surface area contributed by atoms with Crippen LogP contribution in [-0.4, -0.2) is 21.5 Å². The van der Waals surface area contributed by atoms with E-state index in [1.54, 1.807) is 6.92 Å². The first-order valence-corrected chi connectivity index (χ1v) is 4.09. The first-order valence-electron chi connectivity index (χ1n) is 4.09. The Hall–Kier alpha value is -1.03. The molecule has 12 heavy (non-hydrogen) atoms. The molecule has 4 nitrogen and oxygen atoms in total. The molecule has 0 fully saturated rings. The van der Waals surface area contributed by atoms with Gasteiger partial charge in [0.1, 0.15) is 0 Å². The van der Waals surface area contributed by atoms with Gasteiger partial charge in [-0.25, -0.2) is 0 Å². The number of H-pyrrole nitrogens is 1. The molecule has 1 aromatic rings. The summed E-state index contributed by atoms with van der Waals surface area (Å²) < 4.78 is 1.44. The number of aryl methyl sites for hydroxylation is 1. The second-order valence-electron chi connectivity index (χ2n) is 2.75. The van der Waals surface area contributed by atoms with E-state index >= 15 is 0 Å². The van der Waals surface area contributed by atoms with Gasteiger partial charge in [0.15, 0.2) is 0 Å². The average molecular weight is 170 g/mol. The van der Waals surface area contributed by atoms with Gasteiger partial charge >= 0.3 is 0 Å². The van der Waals surface area contributed by atoms with Crippen LogP contribution in [0.1, 0.15) is 18.2 Å². The van der Waals surface area contributed by atoms with Crippen LogP contribution < -0.4 is 5.56 Å². The van der Waals surface area contributed by atoms with Crippen molar-refractivity contribution in [3.05, 3.63) is 21.6 Å². The van der Waals surface area contributed by atoms with Crippen LogP contribution in [0.15, 0.2) is 4.79 Å². The average Bonchev–Trinajstić information content (AvgIpc) is 2.33. The lowest BCUT2D eigenvalue weighted by Gasteiger charge is -1.95. The van der Waals surface area contributed by atoms with E-state index in [4.69, 9.17) is 5.11 Å². The molecule has 0 bridgehead atoms. The van der Waals surface area contributed by atoms with Crippen molar-refractivity contribution in [2.75, 3.05) is 6.61 Å². The van der Waals surface area contributed by atoms with Crippen molar-refractivity contribution in [1.29, 1.82) is 0 Å². The minimum atomic E-state index is -0.0269. The van der Waals surface area contributed by atoms with Gasteiger partial charge in [-0.1, -0.05) is 6.92 Å². The van der Waals surface area contributed by atoms with Gasteiger partial charge in [0.2, 0.25) is 0 Å². The third-order valence-corrected chi connectivity index (χ3v) is 1.97. The Balaban J connectivity index is 3.07. The second-order valence-corrected chi connectivity index (χ2v) is 2.75. The summed E-state index contributed by atoms with van der Waals surface area (Å²) in [5, 5.41) is 11.6. The monoisotopic (exact) mass is 170 g/mol. The number of hydrogen-bond donors (Lipinski definition) is 2. The van der Waals surface area contributed by atoms with Crippen molar-refractivity contribution in [3.63, 3.8) is 0 Å². The fourth-order valence-electron chi connectivity index (χ4n) is 1.23. The summed E-state index contributed by atoms with van der Waals surface area (Å²) in [4.78, 5) is 11.4. The standard InChI is InChI=1S/C8H14N2O2/c1-3-7-6(2)8(12)10(9-7)4-5-11/h9,11H,3-5H2,1-2H3. The van der Waals surface area contributed by atoms with Crippen LogP contribution in [0.4, 0.5) is 0 Å². The lowest BCUT2D eigenvalue weighted by Crippen LogP contribution is -2.19. The highest BCUT2D eigenvalue weighted by Crippen LogP contribution is 1.99. The predicted molar refractivity (Wildman–Crippen MR) is 46.3 cm³/mol. The summed E-state index contributed by atoms with van der Waals surface area (Å²) in [7, 11) is 0.